The number of amides is 2. The van der Waals surface area contributed by atoms with Crippen LogP contribution in [0.2, 0.25) is 0 Å². The molecule has 0 saturated carbocycles. The molecule has 7 heteroatoms. The van der Waals surface area contributed by atoms with Crippen LogP contribution in [0.4, 0.5) is 0 Å². The Bertz CT molecular complexity index is 730. The van der Waals surface area contributed by atoms with E-state index in [9.17, 15) is 9.59 Å². The number of carbonyl (C=O) groups is 2. The molecule has 3 fully saturated rings. The van der Waals surface area contributed by atoms with E-state index in [0.717, 1.165) is 84.6 Å². The molecule has 3 aliphatic rings. The number of piperidine rings is 1. The molecule has 3 saturated heterocycles. The normalized spacial score (nSPS) is 22.9. The first kappa shape index (κ1) is 23.2. The summed E-state index contributed by atoms with van der Waals surface area (Å²) < 4.78 is 0. The molecule has 1 aromatic rings. The van der Waals surface area contributed by atoms with Crippen LogP contribution < -0.4 is 0 Å². The highest BCUT2D eigenvalue weighted by atomic mass is 16.7. The van der Waals surface area contributed by atoms with E-state index >= 15 is 0 Å². The van der Waals surface area contributed by atoms with Crippen LogP contribution in [0.25, 0.3) is 0 Å². The van der Waals surface area contributed by atoms with Crippen molar-refractivity contribution in [3.63, 3.8) is 0 Å². The highest BCUT2D eigenvalue weighted by Crippen LogP contribution is 2.22. The number of hydrogen-bond acceptors (Lipinski definition) is 5. The SMILES string of the molecule is O=C(CC[C@@H]1CCCN(C(=O)CCN2CCCO2)C1)N1CCN(Cc2ccccc2)CC1. The zero-order valence-corrected chi connectivity index (χ0v) is 19.3. The fourth-order valence-electron chi connectivity index (χ4n) is 5.06. The van der Waals surface area contributed by atoms with E-state index in [2.05, 4.69) is 29.2 Å². The second kappa shape index (κ2) is 11.8. The Labute approximate surface area is 192 Å². The molecule has 0 aliphatic carbocycles. The Kier molecular flexibility index (Phi) is 8.54. The molecule has 1 atom stereocenters. The third-order valence-electron chi connectivity index (χ3n) is 7.01. The lowest BCUT2D eigenvalue weighted by atomic mass is 9.93. The quantitative estimate of drug-likeness (QED) is 0.619. The number of piperazine rings is 1. The van der Waals surface area contributed by atoms with Gasteiger partial charge in [-0.1, -0.05) is 30.3 Å². The van der Waals surface area contributed by atoms with Crippen molar-refractivity contribution in [2.75, 3.05) is 59.0 Å². The molecule has 7 nitrogen and oxygen atoms in total. The fourth-order valence-corrected chi connectivity index (χ4v) is 5.06. The second-order valence-electron chi connectivity index (χ2n) is 9.40. The van der Waals surface area contributed by atoms with E-state index < -0.39 is 0 Å². The molecule has 176 valence electrons. The number of rotatable bonds is 8. The van der Waals surface area contributed by atoms with Gasteiger partial charge in [0.25, 0.3) is 0 Å². The van der Waals surface area contributed by atoms with Gasteiger partial charge < -0.3 is 9.80 Å². The van der Waals surface area contributed by atoms with Crippen molar-refractivity contribution in [1.82, 2.24) is 19.8 Å². The lowest BCUT2D eigenvalue weighted by Crippen LogP contribution is -2.48. The minimum atomic E-state index is 0.228. The van der Waals surface area contributed by atoms with Crippen LogP contribution in [0.1, 0.15) is 44.1 Å². The maximum atomic E-state index is 12.8. The third kappa shape index (κ3) is 6.77. The first-order chi connectivity index (χ1) is 15.7. The van der Waals surface area contributed by atoms with Gasteiger partial charge in [0.2, 0.25) is 11.8 Å². The lowest BCUT2D eigenvalue weighted by Gasteiger charge is -2.36. The number of carbonyl (C=O) groups excluding carboxylic acids is 2. The number of hydrogen-bond donors (Lipinski definition) is 0. The molecule has 0 radical (unpaired) electrons. The van der Waals surface area contributed by atoms with Crippen LogP contribution in [-0.2, 0) is 21.0 Å². The summed E-state index contributed by atoms with van der Waals surface area (Å²) in [5.41, 5.74) is 1.33. The predicted molar refractivity (Wildman–Crippen MR) is 124 cm³/mol. The van der Waals surface area contributed by atoms with Crippen LogP contribution in [0.5, 0.6) is 0 Å². The molecule has 0 aromatic heterocycles. The van der Waals surface area contributed by atoms with Crippen LogP contribution in [-0.4, -0.2) is 90.5 Å². The lowest BCUT2D eigenvalue weighted by molar-refractivity contribution is -0.140. The Morgan fingerprint density at radius 2 is 1.66 bits per heavy atom. The van der Waals surface area contributed by atoms with Crippen molar-refractivity contribution >= 4 is 11.8 Å². The first-order valence-electron chi connectivity index (χ1n) is 12.4. The molecule has 0 unspecified atom stereocenters. The molecule has 1 aromatic carbocycles. The van der Waals surface area contributed by atoms with Gasteiger partial charge in [-0.2, -0.15) is 5.06 Å². The molecule has 0 N–H and O–H groups in total. The molecule has 3 aliphatic heterocycles. The summed E-state index contributed by atoms with van der Waals surface area (Å²) in [7, 11) is 0. The van der Waals surface area contributed by atoms with Gasteiger partial charge in [-0.05, 0) is 37.2 Å². The van der Waals surface area contributed by atoms with E-state index in [1.54, 1.807) is 0 Å². The fraction of sp³-hybridized carbons (Fsp3) is 0.680. The highest BCUT2D eigenvalue weighted by molar-refractivity contribution is 5.77. The van der Waals surface area contributed by atoms with Crippen molar-refractivity contribution in [2.45, 2.75) is 45.1 Å². The van der Waals surface area contributed by atoms with Crippen molar-refractivity contribution in [3.05, 3.63) is 35.9 Å². The monoisotopic (exact) mass is 442 g/mol. The maximum Gasteiger partial charge on any atom is 0.223 e. The van der Waals surface area contributed by atoms with Crippen molar-refractivity contribution < 1.29 is 14.4 Å². The number of hydroxylamine groups is 2. The molecule has 3 heterocycles. The number of benzene rings is 1. The van der Waals surface area contributed by atoms with Crippen LogP contribution in [0.15, 0.2) is 30.3 Å². The number of nitrogens with zero attached hydrogens (tertiary/aromatic N) is 4. The molecule has 4 rings (SSSR count). The van der Waals surface area contributed by atoms with Gasteiger partial charge in [0.1, 0.15) is 0 Å². The van der Waals surface area contributed by atoms with Gasteiger partial charge in [0.05, 0.1) is 6.61 Å². The van der Waals surface area contributed by atoms with Gasteiger partial charge in [0, 0.05) is 71.7 Å². The van der Waals surface area contributed by atoms with Gasteiger partial charge in [-0.15, -0.1) is 0 Å². The van der Waals surface area contributed by atoms with Crippen molar-refractivity contribution in [2.24, 2.45) is 5.92 Å². The Morgan fingerprint density at radius 1 is 0.875 bits per heavy atom. The van der Waals surface area contributed by atoms with Crippen LogP contribution in [0.3, 0.4) is 0 Å². The second-order valence-corrected chi connectivity index (χ2v) is 9.40. The van der Waals surface area contributed by atoms with E-state index in [1.807, 2.05) is 20.9 Å². The van der Waals surface area contributed by atoms with Gasteiger partial charge in [-0.3, -0.25) is 19.3 Å². The molecular weight excluding hydrogens is 404 g/mol. The van der Waals surface area contributed by atoms with Gasteiger partial charge >= 0.3 is 0 Å². The van der Waals surface area contributed by atoms with Crippen LogP contribution >= 0.6 is 0 Å². The first-order valence-corrected chi connectivity index (χ1v) is 12.4. The standard InChI is InChI=1S/C25H38N4O3/c30-24(27-17-15-26(16-18-27)20-22-6-2-1-3-7-22)10-9-23-8-4-12-28(21-23)25(31)11-14-29-13-5-19-32-29/h1-3,6-7,23H,4-5,8-21H2/t23-/m0/s1. The topological polar surface area (TPSA) is 56.3 Å². The Morgan fingerprint density at radius 3 is 2.41 bits per heavy atom. The molecule has 2 amide bonds. The van der Waals surface area contributed by atoms with E-state index in [4.69, 9.17) is 4.84 Å². The van der Waals surface area contributed by atoms with Gasteiger partial charge in [0.15, 0.2) is 0 Å². The highest BCUT2D eigenvalue weighted by Gasteiger charge is 2.26. The Balaban J connectivity index is 1.13. The third-order valence-corrected chi connectivity index (χ3v) is 7.01. The van der Waals surface area contributed by atoms with E-state index in [-0.39, 0.29) is 11.8 Å². The Hall–Kier alpha value is -1.96. The average molecular weight is 443 g/mol. The van der Waals surface area contributed by atoms with E-state index in [1.165, 1.54) is 5.56 Å². The maximum absolute atomic E-state index is 12.8. The largest absolute Gasteiger partial charge is 0.342 e. The zero-order valence-electron chi connectivity index (χ0n) is 19.3. The van der Waals surface area contributed by atoms with E-state index in [0.29, 0.717) is 25.3 Å². The van der Waals surface area contributed by atoms with Gasteiger partial charge in [-0.25, -0.2) is 0 Å². The summed E-state index contributed by atoms with van der Waals surface area (Å²) in [6.07, 6.45) is 5.24. The average Bonchev–Trinajstić information content (AvgIpc) is 3.36. The minimum Gasteiger partial charge on any atom is -0.342 e. The smallest absolute Gasteiger partial charge is 0.223 e. The number of likely N-dealkylation sites (tertiary alicyclic amines) is 1. The van der Waals surface area contributed by atoms with Crippen molar-refractivity contribution in [1.29, 1.82) is 0 Å². The molecule has 0 bridgehead atoms. The zero-order chi connectivity index (χ0) is 22.2. The summed E-state index contributed by atoms with van der Waals surface area (Å²) >= 11 is 0. The van der Waals surface area contributed by atoms with Crippen LogP contribution in [0, 0.1) is 5.92 Å². The summed E-state index contributed by atoms with van der Waals surface area (Å²) in [5.74, 6) is 0.948. The van der Waals surface area contributed by atoms with Crippen molar-refractivity contribution in [3.8, 4) is 0 Å². The molecular formula is C25H38N4O3. The molecule has 0 spiro atoms. The summed E-state index contributed by atoms with van der Waals surface area (Å²) in [6, 6.07) is 10.5. The molecule has 32 heavy (non-hydrogen) atoms. The summed E-state index contributed by atoms with van der Waals surface area (Å²) in [5, 5.41) is 1.91. The summed E-state index contributed by atoms with van der Waals surface area (Å²) in [4.78, 5) is 37.3. The predicted octanol–water partition coefficient (Wildman–Crippen LogP) is 2.38. The minimum absolute atomic E-state index is 0.228. The summed E-state index contributed by atoms with van der Waals surface area (Å²) in [6.45, 7) is 8.52.